The number of carbonyl (C=O) groups is 1. The van der Waals surface area contributed by atoms with E-state index in [0.29, 0.717) is 5.75 Å². The fraction of sp³-hybridized carbons (Fsp3) is 0.417. The first-order valence-corrected chi connectivity index (χ1v) is 9.15. The first-order valence-electron chi connectivity index (χ1n) is 5.94. The number of nitrogens with one attached hydrogen (secondary N) is 1. The minimum Gasteiger partial charge on any atom is -0.497 e. The molecule has 0 saturated heterocycles. The van der Waals surface area contributed by atoms with E-state index in [1.807, 2.05) is 0 Å². The molecule has 1 rings (SSSR count). The number of aliphatic carboxylic acids is 1. The molecule has 21 heavy (non-hydrogen) atoms. The molecule has 9 heteroatoms. The van der Waals surface area contributed by atoms with Gasteiger partial charge in [0.15, 0.2) is 0 Å². The van der Waals surface area contributed by atoms with Crippen LogP contribution in [0.15, 0.2) is 23.1 Å². The maximum atomic E-state index is 12.2. The van der Waals surface area contributed by atoms with Crippen molar-refractivity contribution in [3.63, 3.8) is 0 Å². The quantitative estimate of drug-likeness (QED) is 0.691. The molecule has 1 aromatic carbocycles. The Hall–Kier alpha value is -1.45. The van der Waals surface area contributed by atoms with E-state index < -0.39 is 33.2 Å². The molecule has 0 heterocycles. The van der Waals surface area contributed by atoms with Crippen molar-refractivity contribution in [2.24, 2.45) is 0 Å². The summed E-state index contributed by atoms with van der Waals surface area (Å²) in [5, 5.41) is 8.87. The molecule has 0 radical (unpaired) electrons. The topological polar surface area (TPSA) is 110 Å². The van der Waals surface area contributed by atoms with Crippen LogP contribution in [0.25, 0.3) is 0 Å². The van der Waals surface area contributed by atoms with E-state index in [-0.39, 0.29) is 22.8 Å². The van der Waals surface area contributed by atoms with Gasteiger partial charge in [-0.15, -0.1) is 0 Å². The molecule has 0 aromatic heterocycles. The summed E-state index contributed by atoms with van der Waals surface area (Å²) >= 11 is 0. The third-order valence-corrected chi connectivity index (χ3v) is 4.92. The van der Waals surface area contributed by atoms with Crippen LogP contribution < -0.4 is 9.46 Å². The first kappa shape index (κ1) is 17.6. The van der Waals surface area contributed by atoms with Gasteiger partial charge in [-0.2, -0.15) is 0 Å². The predicted molar refractivity (Wildman–Crippen MR) is 78.5 cm³/mol. The van der Waals surface area contributed by atoms with Crippen LogP contribution in [-0.4, -0.2) is 49.4 Å². The van der Waals surface area contributed by atoms with Gasteiger partial charge in [0.25, 0.3) is 0 Å². The first-order chi connectivity index (χ1) is 9.76. The number of sulfonamides is 1. The van der Waals surface area contributed by atoms with Gasteiger partial charge in [-0.1, -0.05) is 0 Å². The summed E-state index contributed by atoms with van der Waals surface area (Å²) in [4.78, 5) is 10.7. The lowest BCUT2D eigenvalue weighted by Gasteiger charge is -2.11. The number of carboxylic acid groups (broad SMARTS) is 1. The van der Waals surface area contributed by atoms with Crippen molar-refractivity contribution in [2.75, 3.05) is 25.7 Å². The van der Waals surface area contributed by atoms with Gasteiger partial charge < -0.3 is 9.84 Å². The van der Waals surface area contributed by atoms with E-state index in [1.54, 1.807) is 0 Å². The van der Waals surface area contributed by atoms with E-state index in [2.05, 4.69) is 4.72 Å². The van der Waals surface area contributed by atoms with Crippen LogP contribution in [0.3, 0.4) is 0 Å². The number of benzene rings is 1. The molecule has 1 atom stereocenters. The summed E-state index contributed by atoms with van der Waals surface area (Å²) in [6.07, 6.45) is 1.03. The predicted octanol–water partition coefficient (Wildman–Crippen LogP) is -0.0209. The average Bonchev–Trinajstić information content (AvgIpc) is 2.36. The summed E-state index contributed by atoms with van der Waals surface area (Å²) in [7, 11) is -3.57. The third-order valence-electron chi connectivity index (χ3n) is 2.58. The number of carboxylic acids is 1. The molecule has 0 aliphatic heterocycles. The van der Waals surface area contributed by atoms with Crippen LogP contribution in [0.2, 0.25) is 0 Å². The molecule has 0 aliphatic carbocycles. The van der Waals surface area contributed by atoms with Gasteiger partial charge >= 0.3 is 5.97 Å². The second-order valence-corrected chi connectivity index (χ2v) is 7.51. The normalized spacial score (nSPS) is 12.9. The van der Waals surface area contributed by atoms with Gasteiger partial charge in [-0.3, -0.25) is 9.00 Å². The monoisotopic (exact) mass is 335 g/mol. The summed E-state index contributed by atoms with van der Waals surface area (Å²) in [5.74, 6) is -0.585. The van der Waals surface area contributed by atoms with E-state index in [4.69, 9.17) is 9.84 Å². The van der Waals surface area contributed by atoms with Crippen molar-refractivity contribution in [3.8, 4) is 5.75 Å². The highest BCUT2D eigenvalue weighted by Gasteiger charge is 2.20. The molecule has 0 bridgehead atoms. The maximum absolute atomic E-state index is 12.2. The Kier molecular flexibility index (Phi) is 6.31. The Morgan fingerprint density at radius 2 is 2.10 bits per heavy atom. The summed E-state index contributed by atoms with van der Waals surface area (Å²) in [5.41, 5.74) is 0.131. The number of methoxy groups -OCH3 is 1. The SMILES string of the molecule is COc1ccc(S(=O)(=O)NCCS(C)=O)c(CC(=O)O)c1. The summed E-state index contributed by atoms with van der Waals surface area (Å²) in [6.45, 7) is 0.0178. The summed E-state index contributed by atoms with van der Waals surface area (Å²) < 4.78 is 42.6. The Bertz CT molecular complexity index is 641. The Morgan fingerprint density at radius 3 is 2.62 bits per heavy atom. The Morgan fingerprint density at radius 1 is 1.43 bits per heavy atom. The second-order valence-electron chi connectivity index (χ2n) is 4.22. The van der Waals surface area contributed by atoms with Crippen molar-refractivity contribution >= 4 is 26.8 Å². The van der Waals surface area contributed by atoms with Crippen LogP contribution in [0.4, 0.5) is 0 Å². The fourth-order valence-electron chi connectivity index (χ4n) is 1.64. The number of hydrogen-bond acceptors (Lipinski definition) is 5. The van der Waals surface area contributed by atoms with E-state index in [9.17, 15) is 17.4 Å². The summed E-state index contributed by atoms with van der Waals surface area (Å²) in [6, 6.07) is 4.11. The Balaban J connectivity index is 3.09. The zero-order valence-corrected chi connectivity index (χ0v) is 13.3. The molecular weight excluding hydrogens is 318 g/mol. The molecule has 1 unspecified atom stereocenters. The smallest absolute Gasteiger partial charge is 0.307 e. The van der Waals surface area contributed by atoms with Gasteiger partial charge in [0, 0.05) is 29.4 Å². The molecule has 0 spiro atoms. The lowest BCUT2D eigenvalue weighted by Crippen LogP contribution is -2.28. The number of rotatable bonds is 8. The van der Waals surface area contributed by atoms with Crippen molar-refractivity contribution < 1.29 is 27.3 Å². The second kappa shape index (κ2) is 7.53. The zero-order valence-electron chi connectivity index (χ0n) is 11.7. The molecule has 0 fully saturated rings. The van der Waals surface area contributed by atoms with Gasteiger partial charge in [0.2, 0.25) is 10.0 Å². The van der Waals surface area contributed by atoms with Crippen LogP contribution in [0.1, 0.15) is 5.56 Å². The van der Waals surface area contributed by atoms with Crippen LogP contribution in [0.5, 0.6) is 5.75 Å². The van der Waals surface area contributed by atoms with Gasteiger partial charge in [0.1, 0.15) is 5.75 Å². The molecule has 1 aromatic rings. The third kappa shape index (κ3) is 5.44. The van der Waals surface area contributed by atoms with Gasteiger partial charge in [-0.05, 0) is 23.8 Å². The van der Waals surface area contributed by atoms with E-state index in [1.165, 1.54) is 31.6 Å². The molecule has 7 nitrogen and oxygen atoms in total. The van der Waals surface area contributed by atoms with Gasteiger partial charge in [0.05, 0.1) is 18.4 Å². The van der Waals surface area contributed by atoms with E-state index in [0.717, 1.165) is 0 Å². The molecular formula is C12H17NO6S2. The number of ether oxygens (including phenoxy) is 1. The highest BCUT2D eigenvalue weighted by atomic mass is 32.2. The standard InChI is InChI=1S/C12H17NO6S2/c1-19-10-3-4-11(9(7-10)8-12(14)15)21(17,18)13-5-6-20(2)16/h3-4,7,13H,5-6,8H2,1-2H3,(H,14,15). The minimum absolute atomic E-state index is 0.0178. The largest absolute Gasteiger partial charge is 0.497 e. The molecule has 0 amide bonds. The minimum atomic E-state index is -3.86. The maximum Gasteiger partial charge on any atom is 0.307 e. The lowest BCUT2D eigenvalue weighted by molar-refractivity contribution is -0.136. The van der Waals surface area contributed by atoms with Crippen molar-refractivity contribution in [2.45, 2.75) is 11.3 Å². The molecule has 0 saturated carbocycles. The van der Waals surface area contributed by atoms with Crippen molar-refractivity contribution in [3.05, 3.63) is 23.8 Å². The zero-order chi connectivity index (χ0) is 16.0. The van der Waals surface area contributed by atoms with Crippen LogP contribution in [-0.2, 0) is 32.0 Å². The van der Waals surface area contributed by atoms with Crippen LogP contribution >= 0.6 is 0 Å². The molecule has 2 N–H and O–H groups in total. The number of hydrogen-bond donors (Lipinski definition) is 2. The highest BCUT2D eigenvalue weighted by molar-refractivity contribution is 7.89. The highest BCUT2D eigenvalue weighted by Crippen LogP contribution is 2.22. The van der Waals surface area contributed by atoms with Crippen molar-refractivity contribution in [1.29, 1.82) is 0 Å². The average molecular weight is 335 g/mol. The Labute approximate surface area is 125 Å². The van der Waals surface area contributed by atoms with E-state index >= 15 is 0 Å². The van der Waals surface area contributed by atoms with Gasteiger partial charge in [-0.25, -0.2) is 13.1 Å². The molecule has 0 aliphatic rings. The lowest BCUT2D eigenvalue weighted by atomic mass is 10.1. The van der Waals surface area contributed by atoms with Crippen molar-refractivity contribution in [1.82, 2.24) is 4.72 Å². The fourth-order valence-corrected chi connectivity index (χ4v) is 3.41. The molecule has 118 valence electrons. The van der Waals surface area contributed by atoms with Crippen LogP contribution in [0, 0.1) is 0 Å².